The van der Waals surface area contributed by atoms with Crippen LogP contribution in [0.1, 0.15) is 40.5 Å². The Hall–Kier alpha value is -0.570. The van der Waals surface area contributed by atoms with E-state index in [1.165, 1.54) is 12.8 Å². The minimum Gasteiger partial charge on any atom is -0.465 e. The number of carbonyl (C=O) groups excluding carboxylic acids is 1. The van der Waals surface area contributed by atoms with Gasteiger partial charge in [-0.05, 0) is 32.6 Å². The zero-order chi connectivity index (χ0) is 10.8. The molecule has 0 bridgehead atoms. The molecule has 0 heterocycles. The van der Waals surface area contributed by atoms with E-state index in [4.69, 9.17) is 4.74 Å². The lowest BCUT2D eigenvalue weighted by atomic mass is 9.88. The first-order valence-electron chi connectivity index (χ1n) is 5.45. The molecule has 3 heteroatoms. The van der Waals surface area contributed by atoms with Crippen LogP contribution in [0, 0.1) is 5.92 Å². The summed E-state index contributed by atoms with van der Waals surface area (Å²) in [6.07, 6.45) is 2.36. The molecule has 1 N–H and O–H groups in total. The summed E-state index contributed by atoms with van der Waals surface area (Å²) in [6.45, 7) is 8.33. The monoisotopic (exact) mass is 199 g/mol. The van der Waals surface area contributed by atoms with Crippen molar-refractivity contribution >= 4 is 5.97 Å². The first kappa shape index (κ1) is 11.5. The van der Waals surface area contributed by atoms with Gasteiger partial charge in [-0.25, -0.2) is 0 Å². The maximum Gasteiger partial charge on any atom is 0.326 e. The summed E-state index contributed by atoms with van der Waals surface area (Å²) in [7, 11) is 0. The predicted octanol–water partition coefficient (Wildman–Crippen LogP) is 1.72. The van der Waals surface area contributed by atoms with Gasteiger partial charge in [0.15, 0.2) is 0 Å². The van der Waals surface area contributed by atoms with E-state index in [0.717, 1.165) is 0 Å². The van der Waals surface area contributed by atoms with Crippen molar-refractivity contribution in [2.24, 2.45) is 5.92 Å². The Morgan fingerprint density at radius 2 is 2.14 bits per heavy atom. The Balaban J connectivity index is 2.63. The third-order valence-electron chi connectivity index (χ3n) is 2.94. The van der Waals surface area contributed by atoms with Gasteiger partial charge in [0, 0.05) is 6.04 Å². The van der Waals surface area contributed by atoms with Crippen LogP contribution in [0.15, 0.2) is 0 Å². The summed E-state index contributed by atoms with van der Waals surface area (Å²) in [4.78, 5) is 11.8. The third kappa shape index (κ3) is 2.47. The maximum atomic E-state index is 11.8. The number of hydrogen-bond donors (Lipinski definition) is 1. The van der Waals surface area contributed by atoms with Crippen LogP contribution in [0.25, 0.3) is 0 Å². The Kier molecular flexibility index (Phi) is 3.53. The second-order valence-corrected chi connectivity index (χ2v) is 4.50. The first-order chi connectivity index (χ1) is 6.50. The molecule has 1 saturated carbocycles. The van der Waals surface area contributed by atoms with E-state index in [-0.39, 0.29) is 11.9 Å². The molecule has 0 aromatic rings. The first-order valence-corrected chi connectivity index (χ1v) is 5.45. The Bertz CT molecular complexity index is 211. The van der Waals surface area contributed by atoms with Crippen molar-refractivity contribution in [1.82, 2.24) is 5.32 Å². The maximum absolute atomic E-state index is 11.8. The third-order valence-corrected chi connectivity index (χ3v) is 2.94. The Morgan fingerprint density at radius 3 is 2.50 bits per heavy atom. The highest BCUT2D eigenvalue weighted by atomic mass is 16.5. The fourth-order valence-corrected chi connectivity index (χ4v) is 1.39. The fourth-order valence-electron chi connectivity index (χ4n) is 1.39. The molecule has 0 radical (unpaired) electrons. The van der Waals surface area contributed by atoms with Crippen LogP contribution in [0.2, 0.25) is 0 Å². The van der Waals surface area contributed by atoms with E-state index < -0.39 is 5.54 Å². The SMILES string of the molecule is CCOC(=O)C(C)(NC1CC1)C(C)C. The van der Waals surface area contributed by atoms with Gasteiger partial charge < -0.3 is 4.74 Å². The molecule has 1 aliphatic rings. The zero-order valence-electron chi connectivity index (χ0n) is 9.59. The number of hydrogen-bond acceptors (Lipinski definition) is 3. The lowest BCUT2D eigenvalue weighted by Gasteiger charge is -2.32. The number of nitrogens with one attached hydrogen (secondary N) is 1. The van der Waals surface area contributed by atoms with Crippen LogP contribution in [-0.4, -0.2) is 24.2 Å². The number of ether oxygens (including phenoxy) is 1. The molecule has 1 aliphatic carbocycles. The molecule has 3 nitrogen and oxygen atoms in total. The molecule has 0 saturated heterocycles. The molecule has 1 atom stereocenters. The molecule has 82 valence electrons. The van der Waals surface area contributed by atoms with Gasteiger partial charge in [-0.2, -0.15) is 0 Å². The van der Waals surface area contributed by atoms with Gasteiger partial charge >= 0.3 is 5.97 Å². The van der Waals surface area contributed by atoms with Crippen molar-refractivity contribution in [1.29, 1.82) is 0 Å². The Morgan fingerprint density at radius 1 is 1.57 bits per heavy atom. The molecule has 0 aromatic heterocycles. The van der Waals surface area contributed by atoms with E-state index in [1.54, 1.807) is 0 Å². The van der Waals surface area contributed by atoms with Crippen LogP contribution < -0.4 is 5.32 Å². The Labute approximate surface area is 86.2 Å². The smallest absolute Gasteiger partial charge is 0.326 e. The second kappa shape index (κ2) is 4.30. The van der Waals surface area contributed by atoms with Gasteiger partial charge in [-0.1, -0.05) is 13.8 Å². The molecular formula is C11H21NO2. The van der Waals surface area contributed by atoms with Gasteiger partial charge in [0.2, 0.25) is 0 Å². The standard InChI is InChI=1S/C11H21NO2/c1-5-14-10(13)11(4,8(2)3)12-9-6-7-9/h8-9,12H,5-7H2,1-4H3. The summed E-state index contributed by atoms with van der Waals surface area (Å²) >= 11 is 0. The van der Waals surface area contributed by atoms with Crippen LogP contribution in [0.4, 0.5) is 0 Å². The summed E-state index contributed by atoms with van der Waals surface area (Å²) in [5, 5.41) is 3.38. The van der Waals surface area contributed by atoms with E-state index >= 15 is 0 Å². The molecule has 1 unspecified atom stereocenters. The molecule has 14 heavy (non-hydrogen) atoms. The molecular weight excluding hydrogens is 178 g/mol. The van der Waals surface area contributed by atoms with Crippen molar-refractivity contribution in [3.63, 3.8) is 0 Å². The van der Waals surface area contributed by atoms with Gasteiger partial charge in [0.25, 0.3) is 0 Å². The lowest BCUT2D eigenvalue weighted by molar-refractivity contribution is -0.152. The van der Waals surface area contributed by atoms with Crippen LogP contribution in [-0.2, 0) is 9.53 Å². The van der Waals surface area contributed by atoms with Gasteiger partial charge in [-0.3, -0.25) is 10.1 Å². The van der Waals surface area contributed by atoms with E-state index in [9.17, 15) is 4.79 Å². The molecule has 1 fully saturated rings. The van der Waals surface area contributed by atoms with Crippen LogP contribution >= 0.6 is 0 Å². The van der Waals surface area contributed by atoms with Crippen molar-refractivity contribution in [2.75, 3.05) is 6.61 Å². The van der Waals surface area contributed by atoms with Crippen molar-refractivity contribution in [2.45, 2.75) is 52.1 Å². The van der Waals surface area contributed by atoms with Crippen LogP contribution in [0.3, 0.4) is 0 Å². The van der Waals surface area contributed by atoms with Gasteiger partial charge in [0.05, 0.1) is 6.61 Å². The normalized spacial score (nSPS) is 20.6. The summed E-state index contributed by atoms with van der Waals surface area (Å²) in [5.41, 5.74) is -0.517. The average molecular weight is 199 g/mol. The van der Waals surface area contributed by atoms with Gasteiger partial charge in [0.1, 0.15) is 5.54 Å². The molecule has 0 spiro atoms. The molecule has 0 aliphatic heterocycles. The lowest BCUT2D eigenvalue weighted by Crippen LogP contribution is -2.55. The van der Waals surface area contributed by atoms with Crippen molar-refractivity contribution in [3.8, 4) is 0 Å². The number of esters is 1. The van der Waals surface area contributed by atoms with E-state index in [2.05, 4.69) is 5.32 Å². The van der Waals surface area contributed by atoms with Gasteiger partial charge in [-0.15, -0.1) is 0 Å². The quantitative estimate of drug-likeness (QED) is 0.685. The highest BCUT2D eigenvalue weighted by Gasteiger charge is 2.41. The minimum absolute atomic E-state index is 0.123. The fraction of sp³-hybridized carbons (Fsp3) is 0.909. The molecule has 0 amide bonds. The highest BCUT2D eigenvalue weighted by Crippen LogP contribution is 2.27. The predicted molar refractivity (Wildman–Crippen MR) is 56.0 cm³/mol. The van der Waals surface area contributed by atoms with E-state index in [1.807, 2.05) is 27.7 Å². The summed E-state index contributed by atoms with van der Waals surface area (Å²) < 4.78 is 5.10. The summed E-state index contributed by atoms with van der Waals surface area (Å²) in [5.74, 6) is 0.129. The molecule has 1 rings (SSSR count). The minimum atomic E-state index is -0.517. The second-order valence-electron chi connectivity index (χ2n) is 4.50. The zero-order valence-corrected chi connectivity index (χ0v) is 9.59. The highest BCUT2D eigenvalue weighted by molar-refractivity contribution is 5.80. The topological polar surface area (TPSA) is 38.3 Å². The van der Waals surface area contributed by atoms with E-state index in [0.29, 0.717) is 12.6 Å². The summed E-state index contributed by atoms with van der Waals surface area (Å²) in [6, 6.07) is 0.520. The van der Waals surface area contributed by atoms with Crippen LogP contribution in [0.5, 0.6) is 0 Å². The molecule has 0 aromatic carbocycles. The van der Waals surface area contributed by atoms with Crippen molar-refractivity contribution in [3.05, 3.63) is 0 Å². The number of rotatable bonds is 5. The number of carbonyl (C=O) groups is 1. The largest absolute Gasteiger partial charge is 0.465 e. The van der Waals surface area contributed by atoms with Crippen molar-refractivity contribution < 1.29 is 9.53 Å². The average Bonchev–Trinajstić information content (AvgIpc) is 2.88.